The minimum Gasteiger partial charge on any atom is -0.297 e. The van der Waals surface area contributed by atoms with Gasteiger partial charge in [-0.3, -0.25) is 24.8 Å². The third kappa shape index (κ3) is 1.71. The Labute approximate surface area is 105 Å². The number of nitrogens with zero attached hydrogens (tertiary/aromatic N) is 2. The van der Waals surface area contributed by atoms with E-state index in [9.17, 15) is 9.59 Å². The van der Waals surface area contributed by atoms with Crippen molar-refractivity contribution in [2.75, 3.05) is 7.05 Å². The molecule has 1 aromatic heterocycles. The van der Waals surface area contributed by atoms with Gasteiger partial charge in [-0.05, 0) is 24.5 Å². The van der Waals surface area contributed by atoms with Crippen LogP contribution in [-0.4, -0.2) is 34.8 Å². The van der Waals surface area contributed by atoms with E-state index in [0.29, 0.717) is 0 Å². The topological polar surface area (TPSA) is 62.3 Å². The number of aryl methyl sites for hydroxylation is 1. The van der Waals surface area contributed by atoms with E-state index < -0.39 is 0 Å². The molecule has 94 valence electrons. The molecule has 18 heavy (non-hydrogen) atoms. The fourth-order valence-corrected chi connectivity index (χ4v) is 2.70. The highest BCUT2D eigenvalue weighted by atomic mass is 16.2. The Hall–Kier alpha value is -1.75. The number of nitrogens with one attached hydrogen (secondary N) is 1. The van der Waals surface area contributed by atoms with E-state index in [0.717, 1.165) is 18.5 Å². The Morgan fingerprint density at radius 1 is 1.39 bits per heavy atom. The smallest absolute Gasteiger partial charge is 0.246 e. The summed E-state index contributed by atoms with van der Waals surface area (Å²) in [4.78, 5) is 28.9. The molecular formula is C13H15N3O2. The summed E-state index contributed by atoms with van der Waals surface area (Å²) in [5.41, 5.74) is 2.26. The lowest BCUT2D eigenvalue weighted by Crippen LogP contribution is -2.38. The molecule has 0 aromatic carbocycles. The van der Waals surface area contributed by atoms with Crippen LogP contribution in [0.2, 0.25) is 0 Å². The number of likely N-dealkylation sites (N-methyl/N-ethyl adjacent to an activating group) is 1. The van der Waals surface area contributed by atoms with Crippen molar-refractivity contribution in [2.24, 2.45) is 0 Å². The molecule has 0 saturated carbocycles. The van der Waals surface area contributed by atoms with Crippen LogP contribution in [0.25, 0.3) is 0 Å². The van der Waals surface area contributed by atoms with Crippen LogP contribution in [0.1, 0.15) is 30.1 Å². The lowest BCUT2D eigenvalue weighted by Gasteiger charge is -2.17. The Kier molecular flexibility index (Phi) is 2.63. The minimum absolute atomic E-state index is 0.0921. The number of imide groups is 1. The molecule has 0 radical (unpaired) electrons. The number of carbonyl (C=O) groups is 2. The second-order valence-electron chi connectivity index (χ2n) is 4.85. The molecule has 1 fully saturated rings. The van der Waals surface area contributed by atoms with Crippen molar-refractivity contribution in [3.8, 4) is 0 Å². The van der Waals surface area contributed by atoms with Gasteiger partial charge in [-0.15, -0.1) is 0 Å². The minimum atomic E-state index is -0.388. The van der Waals surface area contributed by atoms with Gasteiger partial charge in [-0.2, -0.15) is 0 Å². The summed E-state index contributed by atoms with van der Waals surface area (Å²) in [5.74, 6) is -0.249. The second-order valence-corrected chi connectivity index (χ2v) is 4.85. The van der Waals surface area contributed by atoms with Gasteiger partial charge in [-0.25, -0.2) is 0 Å². The molecule has 1 aliphatic carbocycles. The molecule has 2 atom stereocenters. The van der Waals surface area contributed by atoms with Gasteiger partial charge in [0.05, 0.1) is 24.2 Å². The van der Waals surface area contributed by atoms with E-state index >= 15 is 0 Å². The van der Waals surface area contributed by atoms with E-state index in [4.69, 9.17) is 0 Å². The van der Waals surface area contributed by atoms with E-state index in [-0.39, 0.29) is 30.3 Å². The first-order valence-corrected chi connectivity index (χ1v) is 6.17. The summed E-state index contributed by atoms with van der Waals surface area (Å²) in [6.45, 7) is 0. The quantitative estimate of drug-likeness (QED) is 0.767. The van der Waals surface area contributed by atoms with Gasteiger partial charge in [0, 0.05) is 13.2 Å². The molecule has 5 heteroatoms. The second kappa shape index (κ2) is 4.17. The number of hydrogen-bond acceptors (Lipinski definition) is 4. The predicted molar refractivity (Wildman–Crippen MR) is 64.6 cm³/mol. The standard InChI is InChI=1S/C13H15N3O2/c1-16-11(17)7-10(13(16)18)15-9-5-4-8-3-2-6-14-12(8)9/h2-3,6,9-10,15H,4-5,7H2,1H3. The number of likely N-dealkylation sites (tertiary alicyclic amines) is 1. The molecule has 1 N–H and O–H groups in total. The molecule has 1 aliphatic heterocycles. The van der Waals surface area contributed by atoms with Crippen LogP contribution in [0.15, 0.2) is 18.3 Å². The van der Waals surface area contributed by atoms with Gasteiger partial charge >= 0.3 is 0 Å². The van der Waals surface area contributed by atoms with Gasteiger partial charge in [0.15, 0.2) is 0 Å². The molecule has 0 bridgehead atoms. The molecule has 5 nitrogen and oxygen atoms in total. The Morgan fingerprint density at radius 3 is 2.94 bits per heavy atom. The first-order chi connectivity index (χ1) is 8.66. The van der Waals surface area contributed by atoms with Crippen LogP contribution >= 0.6 is 0 Å². The van der Waals surface area contributed by atoms with Crippen molar-refractivity contribution < 1.29 is 9.59 Å². The van der Waals surface area contributed by atoms with Gasteiger partial charge in [0.1, 0.15) is 0 Å². The Balaban J connectivity index is 1.76. The van der Waals surface area contributed by atoms with Gasteiger partial charge in [0.25, 0.3) is 0 Å². The maximum absolute atomic E-state index is 11.8. The van der Waals surface area contributed by atoms with Crippen molar-refractivity contribution in [1.82, 2.24) is 15.2 Å². The van der Waals surface area contributed by atoms with E-state index in [1.54, 1.807) is 6.20 Å². The number of rotatable bonds is 2. The van der Waals surface area contributed by atoms with Crippen molar-refractivity contribution in [3.63, 3.8) is 0 Å². The number of pyridine rings is 1. The molecule has 2 heterocycles. The zero-order valence-electron chi connectivity index (χ0n) is 10.2. The number of carbonyl (C=O) groups excluding carboxylic acids is 2. The van der Waals surface area contributed by atoms with E-state index in [2.05, 4.69) is 16.4 Å². The summed E-state index contributed by atoms with van der Waals surface area (Å²) in [5, 5.41) is 3.27. The number of hydrogen-bond donors (Lipinski definition) is 1. The largest absolute Gasteiger partial charge is 0.297 e. The summed E-state index contributed by atoms with van der Waals surface area (Å²) < 4.78 is 0. The zero-order valence-corrected chi connectivity index (χ0v) is 10.2. The third-order valence-corrected chi connectivity index (χ3v) is 3.74. The maximum Gasteiger partial charge on any atom is 0.246 e. The summed E-state index contributed by atoms with van der Waals surface area (Å²) in [7, 11) is 1.53. The average Bonchev–Trinajstić information content (AvgIpc) is 2.89. The predicted octanol–water partition coefficient (Wildman–Crippen LogP) is 0.416. The fourth-order valence-electron chi connectivity index (χ4n) is 2.70. The van der Waals surface area contributed by atoms with Crippen molar-refractivity contribution in [1.29, 1.82) is 0 Å². The third-order valence-electron chi connectivity index (χ3n) is 3.74. The summed E-state index contributed by atoms with van der Waals surface area (Å²) >= 11 is 0. The first-order valence-electron chi connectivity index (χ1n) is 6.17. The normalized spacial score (nSPS) is 26.8. The zero-order chi connectivity index (χ0) is 12.7. The van der Waals surface area contributed by atoms with Crippen molar-refractivity contribution in [3.05, 3.63) is 29.6 Å². The Morgan fingerprint density at radius 2 is 2.22 bits per heavy atom. The Bertz CT molecular complexity index is 515. The summed E-state index contributed by atoms with van der Waals surface area (Å²) in [6.07, 6.45) is 3.94. The maximum atomic E-state index is 11.8. The van der Waals surface area contributed by atoms with E-state index in [1.165, 1.54) is 17.5 Å². The molecule has 3 rings (SSSR count). The van der Waals surface area contributed by atoms with Gasteiger partial charge < -0.3 is 0 Å². The van der Waals surface area contributed by atoms with Crippen molar-refractivity contribution in [2.45, 2.75) is 31.3 Å². The highest BCUT2D eigenvalue weighted by Gasteiger charge is 2.38. The molecule has 2 aliphatic rings. The van der Waals surface area contributed by atoms with E-state index in [1.807, 2.05) is 6.07 Å². The lowest BCUT2D eigenvalue weighted by atomic mass is 10.1. The molecular weight excluding hydrogens is 230 g/mol. The van der Waals surface area contributed by atoms with Crippen LogP contribution in [0.4, 0.5) is 0 Å². The van der Waals surface area contributed by atoms with Crippen LogP contribution in [-0.2, 0) is 16.0 Å². The highest BCUT2D eigenvalue weighted by molar-refractivity contribution is 6.05. The number of amides is 2. The van der Waals surface area contributed by atoms with Crippen LogP contribution < -0.4 is 5.32 Å². The molecule has 2 amide bonds. The summed E-state index contributed by atoms with van der Waals surface area (Å²) in [6, 6.07) is 3.70. The lowest BCUT2D eigenvalue weighted by molar-refractivity contribution is -0.137. The number of aromatic nitrogens is 1. The monoisotopic (exact) mass is 245 g/mol. The highest BCUT2D eigenvalue weighted by Crippen LogP contribution is 2.30. The molecule has 2 unspecified atom stereocenters. The number of fused-ring (bicyclic) bond motifs is 1. The fraction of sp³-hybridized carbons (Fsp3) is 0.462. The first kappa shape index (κ1) is 11.3. The molecule has 0 spiro atoms. The van der Waals surface area contributed by atoms with Crippen LogP contribution in [0.5, 0.6) is 0 Å². The van der Waals surface area contributed by atoms with Crippen LogP contribution in [0, 0.1) is 0 Å². The molecule has 1 saturated heterocycles. The molecule has 1 aromatic rings. The van der Waals surface area contributed by atoms with Crippen LogP contribution in [0.3, 0.4) is 0 Å². The average molecular weight is 245 g/mol. The SMILES string of the molecule is CN1C(=O)CC(NC2CCc3cccnc32)C1=O. The van der Waals surface area contributed by atoms with Gasteiger partial charge in [0.2, 0.25) is 11.8 Å². The van der Waals surface area contributed by atoms with Gasteiger partial charge in [-0.1, -0.05) is 6.07 Å². The van der Waals surface area contributed by atoms with Crippen molar-refractivity contribution >= 4 is 11.8 Å².